The molecule has 0 spiro atoms. The maximum absolute atomic E-state index is 12.7. The van der Waals surface area contributed by atoms with Crippen molar-refractivity contribution in [2.75, 3.05) is 47.5 Å². The second-order valence-corrected chi connectivity index (χ2v) is 17.5. The van der Waals surface area contributed by atoms with Crippen molar-refractivity contribution in [2.45, 2.75) is 193 Å². The molecule has 55 heavy (non-hydrogen) atoms. The van der Waals surface area contributed by atoms with Crippen molar-refractivity contribution in [1.29, 1.82) is 0 Å². The number of nitrogens with zero attached hydrogens (tertiary/aromatic N) is 1. The average Bonchev–Trinajstić information content (AvgIpc) is 3.13. The van der Waals surface area contributed by atoms with E-state index in [4.69, 9.17) is 18.5 Å². The number of hydrogen-bond donors (Lipinski definition) is 0. The van der Waals surface area contributed by atoms with E-state index >= 15 is 0 Å². The monoisotopic (exact) mass is 798 g/mol. The standard InChI is InChI=1S/C45H84NO8P/c1-6-8-10-12-14-16-18-20-22-23-24-26-28-30-32-34-36-38-45(48)54-43(42-53-55(49,50)52-40-39-46(3,4)5)41-51-44(47)37-35-33-31-29-27-25-21-19-17-15-13-11-9-7-2/h14,16,19-22,43H,6-13,15,17-18,23-42H2,1-5H3/b16-14+,21-19+,22-20+/t43-/m1/s1. The van der Waals surface area contributed by atoms with Crippen LogP contribution >= 0.6 is 7.82 Å². The number of carbonyl (C=O) groups is 2. The maximum Gasteiger partial charge on any atom is 0.306 e. The third-order valence-corrected chi connectivity index (χ3v) is 10.3. The highest BCUT2D eigenvalue weighted by Gasteiger charge is 2.21. The molecule has 0 amide bonds. The number of unbranched alkanes of at least 4 members (excludes halogenated alkanes) is 20. The minimum absolute atomic E-state index is 0.0339. The van der Waals surface area contributed by atoms with E-state index in [-0.39, 0.29) is 26.1 Å². The second kappa shape index (κ2) is 37.8. The number of esters is 2. The fourth-order valence-corrected chi connectivity index (χ4v) is 6.58. The van der Waals surface area contributed by atoms with Crippen LogP contribution in [0, 0.1) is 0 Å². The first-order valence-corrected chi connectivity index (χ1v) is 23.7. The zero-order valence-corrected chi connectivity index (χ0v) is 37.0. The number of ether oxygens (including phenoxy) is 2. The minimum Gasteiger partial charge on any atom is -0.756 e. The number of hydrogen-bond acceptors (Lipinski definition) is 8. The van der Waals surface area contributed by atoms with E-state index in [1.54, 1.807) is 0 Å². The van der Waals surface area contributed by atoms with Crippen LogP contribution in [0.1, 0.15) is 187 Å². The maximum atomic E-state index is 12.7. The van der Waals surface area contributed by atoms with Crippen LogP contribution in [0.5, 0.6) is 0 Å². The minimum atomic E-state index is -4.63. The van der Waals surface area contributed by atoms with Gasteiger partial charge in [0.05, 0.1) is 27.7 Å². The molecule has 0 N–H and O–H groups in total. The lowest BCUT2D eigenvalue weighted by atomic mass is 10.1. The van der Waals surface area contributed by atoms with Gasteiger partial charge in [0.2, 0.25) is 0 Å². The number of phosphoric ester groups is 1. The summed E-state index contributed by atoms with van der Waals surface area (Å²) in [7, 11) is 1.15. The van der Waals surface area contributed by atoms with Gasteiger partial charge in [-0.15, -0.1) is 0 Å². The largest absolute Gasteiger partial charge is 0.756 e. The van der Waals surface area contributed by atoms with Gasteiger partial charge in [-0.2, -0.15) is 0 Å². The van der Waals surface area contributed by atoms with E-state index in [9.17, 15) is 19.0 Å². The zero-order valence-electron chi connectivity index (χ0n) is 36.1. The summed E-state index contributed by atoms with van der Waals surface area (Å²) >= 11 is 0. The Bertz CT molecular complexity index is 1040. The number of phosphoric acid groups is 1. The second-order valence-electron chi connectivity index (χ2n) is 16.1. The fourth-order valence-electron chi connectivity index (χ4n) is 5.85. The van der Waals surface area contributed by atoms with E-state index in [2.05, 4.69) is 50.3 Å². The summed E-state index contributed by atoms with van der Waals surface area (Å²) in [6, 6.07) is 0. The van der Waals surface area contributed by atoms with Crippen molar-refractivity contribution >= 4 is 19.8 Å². The van der Waals surface area contributed by atoms with Crippen LogP contribution in [-0.2, 0) is 32.7 Å². The summed E-state index contributed by atoms with van der Waals surface area (Å²) in [6.07, 6.45) is 41.6. The van der Waals surface area contributed by atoms with Crippen LogP contribution in [0.15, 0.2) is 36.5 Å². The van der Waals surface area contributed by atoms with Gasteiger partial charge in [-0.3, -0.25) is 14.2 Å². The molecule has 0 saturated carbocycles. The van der Waals surface area contributed by atoms with Crippen LogP contribution in [0.4, 0.5) is 0 Å². The Kier molecular flexibility index (Phi) is 36.6. The van der Waals surface area contributed by atoms with Crippen LogP contribution < -0.4 is 4.89 Å². The molecule has 0 aromatic heterocycles. The smallest absolute Gasteiger partial charge is 0.306 e. The third-order valence-electron chi connectivity index (χ3n) is 9.38. The Morgan fingerprint density at radius 2 is 0.982 bits per heavy atom. The van der Waals surface area contributed by atoms with E-state index < -0.39 is 32.5 Å². The van der Waals surface area contributed by atoms with E-state index in [0.717, 1.165) is 70.6 Å². The topological polar surface area (TPSA) is 111 Å². The molecular weight excluding hydrogens is 713 g/mol. The van der Waals surface area contributed by atoms with E-state index in [1.165, 1.54) is 83.5 Å². The van der Waals surface area contributed by atoms with Crippen molar-refractivity contribution in [3.63, 3.8) is 0 Å². The van der Waals surface area contributed by atoms with Crippen molar-refractivity contribution < 1.29 is 42.1 Å². The predicted molar refractivity (Wildman–Crippen MR) is 227 cm³/mol. The lowest BCUT2D eigenvalue weighted by Gasteiger charge is -2.28. The first-order chi connectivity index (χ1) is 26.5. The van der Waals surface area contributed by atoms with Gasteiger partial charge < -0.3 is 27.9 Å². The summed E-state index contributed by atoms with van der Waals surface area (Å²) in [5.41, 5.74) is 0. The van der Waals surface area contributed by atoms with Crippen molar-refractivity contribution in [3.05, 3.63) is 36.5 Å². The molecule has 9 nitrogen and oxygen atoms in total. The first-order valence-electron chi connectivity index (χ1n) is 22.2. The normalized spacial score (nSPS) is 13.9. The Morgan fingerprint density at radius 3 is 1.49 bits per heavy atom. The highest BCUT2D eigenvalue weighted by molar-refractivity contribution is 7.45. The number of allylic oxidation sites excluding steroid dienone is 6. The molecule has 0 aromatic carbocycles. The van der Waals surface area contributed by atoms with Crippen LogP contribution in [-0.4, -0.2) is 70.0 Å². The Balaban J connectivity index is 4.38. The predicted octanol–water partition coefficient (Wildman–Crippen LogP) is 11.9. The molecule has 2 atom stereocenters. The number of quaternary nitrogens is 1. The number of likely N-dealkylation sites (N-methyl/N-ethyl adjacent to an activating group) is 1. The molecule has 0 rings (SSSR count). The van der Waals surface area contributed by atoms with Gasteiger partial charge in [-0.05, 0) is 70.6 Å². The molecule has 0 bridgehead atoms. The molecule has 0 aliphatic heterocycles. The van der Waals surface area contributed by atoms with Gasteiger partial charge in [0, 0.05) is 12.8 Å². The molecular formula is C45H84NO8P. The molecule has 0 fully saturated rings. The van der Waals surface area contributed by atoms with E-state index in [0.29, 0.717) is 17.4 Å². The van der Waals surface area contributed by atoms with Crippen molar-refractivity contribution in [3.8, 4) is 0 Å². The molecule has 1 unspecified atom stereocenters. The molecule has 10 heteroatoms. The molecule has 0 aliphatic rings. The van der Waals surface area contributed by atoms with Crippen molar-refractivity contribution in [1.82, 2.24) is 0 Å². The van der Waals surface area contributed by atoms with Crippen molar-refractivity contribution in [2.24, 2.45) is 0 Å². The molecule has 0 saturated heterocycles. The third kappa shape index (κ3) is 41.7. The summed E-state index contributed by atoms with van der Waals surface area (Å²) in [5, 5.41) is 0. The molecule has 0 radical (unpaired) electrons. The molecule has 0 aromatic rings. The van der Waals surface area contributed by atoms with Crippen LogP contribution in [0.2, 0.25) is 0 Å². The van der Waals surface area contributed by atoms with Gasteiger partial charge in [-0.25, -0.2) is 0 Å². The first kappa shape index (κ1) is 53.2. The lowest BCUT2D eigenvalue weighted by molar-refractivity contribution is -0.870. The summed E-state index contributed by atoms with van der Waals surface area (Å²) in [4.78, 5) is 37.5. The van der Waals surface area contributed by atoms with Gasteiger partial charge in [0.15, 0.2) is 6.10 Å². The van der Waals surface area contributed by atoms with Gasteiger partial charge in [-0.1, -0.05) is 140 Å². The number of carbonyl (C=O) groups excluding carboxylic acids is 2. The van der Waals surface area contributed by atoms with Gasteiger partial charge >= 0.3 is 11.9 Å². The highest BCUT2D eigenvalue weighted by atomic mass is 31.2. The summed E-state index contributed by atoms with van der Waals surface area (Å²) in [6.45, 7) is 4.17. The van der Waals surface area contributed by atoms with Gasteiger partial charge in [0.25, 0.3) is 7.82 Å². The Morgan fingerprint density at radius 1 is 0.564 bits per heavy atom. The summed E-state index contributed by atoms with van der Waals surface area (Å²) < 4.78 is 33.9. The Labute approximate surface area is 338 Å². The lowest BCUT2D eigenvalue weighted by Crippen LogP contribution is -2.37. The van der Waals surface area contributed by atoms with Crippen LogP contribution in [0.25, 0.3) is 0 Å². The Hall–Kier alpha value is -1.77. The summed E-state index contributed by atoms with van der Waals surface area (Å²) in [5.74, 6) is -0.852. The molecule has 0 aliphatic carbocycles. The number of rotatable bonds is 40. The SMILES string of the molecule is CCCCC/C=C/C/C=C/CCCCCCCCCC(=O)O[C@H](COC(=O)CCCCCCC/C=C/CCCCCCC)COP(=O)([O-])OCC[N+](C)(C)C. The fraction of sp³-hybridized carbons (Fsp3) is 0.822. The van der Waals surface area contributed by atoms with Gasteiger partial charge in [0.1, 0.15) is 19.8 Å². The van der Waals surface area contributed by atoms with E-state index in [1.807, 2.05) is 21.1 Å². The average molecular weight is 798 g/mol. The molecule has 0 heterocycles. The zero-order chi connectivity index (χ0) is 40.7. The quantitative estimate of drug-likeness (QED) is 0.0198. The molecule has 322 valence electrons. The highest BCUT2D eigenvalue weighted by Crippen LogP contribution is 2.38. The van der Waals surface area contributed by atoms with Crippen LogP contribution in [0.3, 0.4) is 0 Å².